The Labute approximate surface area is 177 Å². The van der Waals surface area contributed by atoms with Crippen molar-refractivity contribution in [1.29, 1.82) is 0 Å². The normalized spacial score (nSPS) is 16.0. The van der Waals surface area contributed by atoms with E-state index in [1.807, 2.05) is 29.2 Å². The predicted octanol–water partition coefficient (Wildman–Crippen LogP) is 3.90. The van der Waals surface area contributed by atoms with Crippen molar-refractivity contribution in [1.82, 2.24) is 19.9 Å². The van der Waals surface area contributed by atoms with Crippen molar-refractivity contribution in [2.24, 2.45) is 0 Å². The first-order valence-electron chi connectivity index (χ1n) is 9.93. The minimum absolute atomic E-state index is 0.0490. The molecule has 0 spiro atoms. The molecule has 0 radical (unpaired) electrons. The van der Waals surface area contributed by atoms with E-state index in [9.17, 15) is 9.90 Å². The van der Waals surface area contributed by atoms with Crippen molar-refractivity contribution in [3.8, 4) is 33.9 Å². The molecule has 0 aliphatic carbocycles. The first-order chi connectivity index (χ1) is 15.2. The second kappa shape index (κ2) is 8.02. The van der Waals surface area contributed by atoms with Crippen LogP contribution in [0.3, 0.4) is 0 Å². The van der Waals surface area contributed by atoms with Gasteiger partial charge in [-0.15, -0.1) is 0 Å². The maximum absolute atomic E-state index is 11.3. The van der Waals surface area contributed by atoms with Crippen LogP contribution < -0.4 is 4.90 Å². The van der Waals surface area contributed by atoms with Crippen LogP contribution in [-0.4, -0.2) is 43.6 Å². The summed E-state index contributed by atoms with van der Waals surface area (Å²) >= 11 is 0. The fraction of sp³-hybridized carbons (Fsp3) is 0.227. The van der Waals surface area contributed by atoms with Crippen LogP contribution in [0.15, 0.2) is 64.4 Å². The topological polar surface area (TPSA) is 118 Å². The van der Waals surface area contributed by atoms with Crippen molar-refractivity contribution in [3.05, 3.63) is 55.6 Å². The van der Waals surface area contributed by atoms with Crippen molar-refractivity contribution in [3.63, 3.8) is 0 Å². The number of carbonyl (C=O) groups is 1. The van der Waals surface area contributed by atoms with E-state index in [-0.39, 0.29) is 12.5 Å². The van der Waals surface area contributed by atoms with Gasteiger partial charge in [0.2, 0.25) is 0 Å². The molecule has 5 rings (SSSR count). The molecular weight excluding hydrogens is 398 g/mol. The van der Waals surface area contributed by atoms with E-state index in [0.29, 0.717) is 35.3 Å². The molecule has 1 aliphatic heterocycles. The van der Waals surface area contributed by atoms with Crippen LogP contribution in [0.25, 0.3) is 33.9 Å². The summed E-state index contributed by atoms with van der Waals surface area (Å²) in [7, 11) is 0. The Bertz CT molecular complexity index is 1170. The number of aromatic nitrogens is 4. The van der Waals surface area contributed by atoms with Gasteiger partial charge in [-0.25, -0.2) is 15.0 Å². The molecule has 4 aromatic rings. The highest BCUT2D eigenvalue weighted by molar-refractivity contribution is 5.78. The Kier molecular flexibility index (Phi) is 4.91. The third-order valence-corrected chi connectivity index (χ3v) is 5.35. The first-order valence-corrected chi connectivity index (χ1v) is 9.93. The summed E-state index contributed by atoms with van der Waals surface area (Å²) in [6.07, 6.45) is 9.58. The SMILES string of the molecule is O=C(O)CC1CCCN1c1nc(-c2ccc(-c3cnco3)cc2)c(-c2cncnc2)o1. The summed E-state index contributed by atoms with van der Waals surface area (Å²) in [5.41, 5.74) is 3.10. The zero-order valence-electron chi connectivity index (χ0n) is 16.5. The number of nitrogens with zero attached hydrogens (tertiary/aromatic N) is 5. The van der Waals surface area contributed by atoms with Gasteiger partial charge in [-0.1, -0.05) is 24.3 Å². The molecule has 0 amide bonds. The number of carboxylic acid groups (broad SMARTS) is 1. The van der Waals surface area contributed by atoms with Gasteiger partial charge in [-0.05, 0) is 12.8 Å². The Morgan fingerprint density at radius 3 is 2.55 bits per heavy atom. The number of hydrogen-bond donors (Lipinski definition) is 1. The molecular formula is C22H19N5O4. The molecule has 1 N–H and O–H groups in total. The minimum Gasteiger partial charge on any atom is -0.481 e. The minimum atomic E-state index is -0.830. The highest BCUT2D eigenvalue weighted by atomic mass is 16.4. The van der Waals surface area contributed by atoms with Gasteiger partial charge < -0.3 is 18.8 Å². The Hall–Kier alpha value is -4.01. The lowest BCUT2D eigenvalue weighted by Crippen LogP contribution is -2.31. The van der Waals surface area contributed by atoms with Crippen molar-refractivity contribution in [2.75, 3.05) is 11.4 Å². The molecule has 4 heterocycles. The third-order valence-electron chi connectivity index (χ3n) is 5.35. The lowest BCUT2D eigenvalue weighted by molar-refractivity contribution is -0.137. The maximum Gasteiger partial charge on any atom is 0.305 e. The Morgan fingerprint density at radius 2 is 1.84 bits per heavy atom. The molecule has 3 aromatic heterocycles. The van der Waals surface area contributed by atoms with Gasteiger partial charge in [-0.3, -0.25) is 4.79 Å². The zero-order chi connectivity index (χ0) is 21.2. The second-order valence-electron chi connectivity index (χ2n) is 7.33. The van der Waals surface area contributed by atoms with Gasteiger partial charge in [0, 0.05) is 36.1 Å². The molecule has 1 fully saturated rings. The molecule has 156 valence electrons. The fourth-order valence-corrected chi connectivity index (χ4v) is 3.89. The van der Waals surface area contributed by atoms with E-state index >= 15 is 0 Å². The smallest absolute Gasteiger partial charge is 0.305 e. The summed E-state index contributed by atoms with van der Waals surface area (Å²) in [4.78, 5) is 30.1. The highest BCUT2D eigenvalue weighted by Gasteiger charge is 2.31. The van der Waals surface area contributed by atoms with E-state index in [2.05, 4.69) is 15.0 Å². The van der Waals surface area contributed by atoms with E-state index in [4.69, 9.17) is 13.8 Å². The zero-order valence-corrected chi connectivity index (χ0v) is 16.5. The van der Waals surface area contributed by atoms with Crippen LogP contribution in [0.5, 0.6) is 0 Å². The molecule has 9 nitrogen and oxygen atoms in total. The van der Waals surface area contributed by atoms with Crippen LogP contribution in [0.4, 0.5) is 6.01 Å². The maximum atomic E-state index is 11.3. The van der Waals surface area contributed by atoms with Crippen LogP contribution >= 0.6 is 0 Å². The number of hydrogen-bond acceptors (Lipinski definition) is 8. The standard InChI is InChI=1S/C22H19N5O4/c28-19(29)8-17-2-1-7-27(17)22-26-20(21(31-22)16-9-23-12-24-10-16)15-5-3-14(4-6-15)18-11-25-13-30-18/h3-6,9-13,17H,1-2,7-8H2,(H,28,29). The lowest BCUT2D eigenvalue weighted by atomic mass is 10.1. The summed E-state index contributed by atoms with van der Waals surface area (Å²) in [6, 6.07) is 8.00. The molecule has 31 heavy (non-hydrogen) atoms. The molecule has 0 bridgehead atoms. The van der Waals surface area contributed by atoms with E-state index in [1.165, 1.54) is 12.7 Å². The van der Waals surface area contributed by atoms with Crippen molar-refractivity contribution < 1.29 is 18.7 Å². The van der Waals surface area contributed by atoms with Gasteiger partial charge in [0.1, 0.15) is 12.0 Å². The van der Waals surface area contributed by atoms with Crippen LogP contribution in [0, 0.1) is 0 Å². The second-order valence-corrected chi connectivity index (χ2v) is 7.33. The number of anilines is 1. The van der Waals surface area contributed by atoms with Crippen molar-refractivity contribution >= 4 is 12.0 Å². The number of rotatable bonds is 6. The average Bonchev–Trinajstić information content (AvgIpc) is 3.55. The van der Waals surface area contributed by atoms with Gasteiger partial charge in [0.05, 0.1) is 18.2 Å². The molecule has 1 aliphatic rings. The molecule has 1 aromatic carbocycles. The van der Waals surface area contributed by atoms with E-state index in [0.717, 1.165) is 24.0 Å². The average molecular weight is 417 g/mol. The highest BCUT2D eigenvalue weighted by Crippen LogP contribution is 2.38. The van der Waals surface area contributed by atoms with Crippen LogP contribution in [-0.2, 0) is 4.79 Å². The monoisotopic (exact) mass is 417 g/mol. The number of carboxylic acids is 1. The van der Waals surface area contributed by atoms with Gasteiger partial charge in [0.15, 0.2) is 17.9 Å². The number of benzene rings is 1. The van der Waals surface area contributed by atoms with Gasteiger partial charge in [-0.2, -0.15) is 4.98 Å². The fourth-order valence-electron chi connectivity index (χ4n) is 3.89. The molecule has 1 atom stereocenters. The summed E-state index contributed by atoms with van der Waals surface area (Å²) < 4.78 is 11.5. The summed E-state index contributed by atoms with van der Waals surface area (Å²) in [5.74, 6) is 0.394. The van der Waals surface area contributed by atoms with Crippen molar-refractivity contribution in [2.45, 2.75) is 25.3 Å². The predicted molar refractivity (Wildman–Crippen MR) is 111 cm³/mol. The summed E-state index contributed by atoms with van der Waals surface area (Å²) in [6.45, 7) is 0.701. The van der Waals surface area contributed by atoms with Gasteiger partial charge >= 0.3 is 5.97 Å². The largest absolute Gasteiger partial charge is 0.481 e. The Morgan fingerprint density at radius 1 is 1.06 bits per heavy atom. The van der Waals surface area contributed by atoms with Crippen LogP contribution in [0.1, 0.15) is 19.3 Å². The quantitative estimate of drug-likeness (QED) is 0.498. The van der Waals surface area contributed by atoms with Crippen LogP contribution in [0.2, 0.25) is 0 Å². The molecule has 0 saturated carbocycles. The molecule has 1 unspecified atom stereocenters. The lowest BCUT2D eigenvalue weighted by Gasteiger charge is -2.21. The molecule has 9 heteroatoms. The Balaban J connectivity index is 1.55. The summed E-state index contributed by atoms with van der Waals surface area (Å²) in [5, 5.41) is 9.25. The number of aliphatic carboxylic acids is 1. The molecule has 1 saturated heterocycles. The number of oxazole rings is 2. The van der Waals surface area contributed by atoms with Gasteiger partial charge in [0.25, 0.3) is 6.01 Å². The third kappa shape index (κ3) is 3.77. The first kappa shape index (κ1) is 19.0. The van der Waals surface area contributed by atoms with E-state index in [1.54, 1.807) is 18.6 Å². The van der Waals surface area contributed by atoms with E-state index < -0.39 is 5.97 Å².